The molecule has 108 valence electrons. The number of nitriles is 1. The first-order chi connectivity index (χ1) is 10.00. The van der Waals surface area contributed by atoms with Crippen LogP contribution in [0.15, 0.2) is 36.4 Å². The lowest BCUT2D eigenvalue weighted by molar-refractivity contribution is -0.122. The highest BCUT2D eigenvalue weighted by Crippen LogP contribution is 2.24. The fourth-order valence-corrected chi connectivity index (χ4v) is 1.90. The zero-order valence-corrected chi connectivity index (χ0v) is 12.4. The van der Waals surface area contributed by atoms with Gasteiger partial charge in [-0.15, -0.1) is 0 Å². The number of nitrogens with zero attached hydrogens (tertiary/aromatic N) is 3. The van der Waals surface area contributed by atoms with Crippen LogP contribution in [0.3, 0.4) is 0 Å². The molecule has 1 heterocycles. The van der Waals surface area contributed by atoms with Crippen LogP contribution in [0.2, 0.25) is 0 Å². The fraction of sp³-hybridized carbons (Fsp3) is 0.312. The second-order valence-corrected chi connectivity index (χ2v) is 5.17. The largest absolute Gasteiger partial charge is 0.309 e. The van der Waals surface area contributed by atoms with Crippen molar-refractivity contribution < 1.29 is 4.79 Å². The Bertz CT molecular complexity index is 684. The minimum atomic E-state index is -1.04. The van der Waals surface area contributed by atoms with Crippen LogP contribution in [0.4, 0.5) is 5.82 Å². The number of aromatic nitrogens is 2. The lowest BCUT2D eigenvalue weighted by Gasteiger charge is -2.18. The fourth-order valence-electron chi connectivity index (χ4n) is 1.90. The molecule has 0 radical (unpaired) electrons. The monoisotopic (exact) mass is 282 g/mol. The molecule has 1 atom stereocenters. The van der Waals surface area contributed by atoms with E-state index < -0.39 is 5.41 Å². The molecule has 0 saturated carbocycles. The van der Waals surface area contributed by atoms with Gasteiger partial charge in [0.1, 0.15) is 11.2 Å². The Morgan fingerprint density at radius 2 is 2.10 bits per heavy atom. The average Bonchev–Trinajstić information content (AvgIpc) is 2.87. The highest BCUT2D eigenvalue weighted by molar-refractivity contribution is 5.96. The molecule has 0 fully saturated rings. The number of nitrogens with one attached hydrogen (secondary N) is 1. The van der Waals surface area contributed by atoms with E-state index in [1.165, 1.54) is 0 Å². The minimum absolute atomic E-state index is 0.315. The molecule has 0 spiro atoms. The van der Waals surface area contributed by atoms with Gasteiger partial charge >= 0.3 is 0 Å². The Labute approximate surface area is 124 Å². The van der Waals surface area contributed by atoms with Crippen molar-refractivity contribution in [3.8, 4) is 11.8 Å². The zero-order chi connectivity index (χ0) is 15.5. The molecular weight excluding hydrogens is 264 g/mol. The van der Waals surface area contributed by atoms with E-state index in [4.69, 9.17) is 0 Å². The lowest BCUT2D eigenvalue weighted by atomic mass is 9.88. The van der Waals surface area contributed by atoms with Crippen LogP contribution in [-0.4, -0.2) is 15.7 Å². The number of hydrogen-bond acceptors (Lipinski definition) is 3. The smallest absolute Gasteiger partial charge is 0.245 e. The molecule has 2 aromatic rings. The van der Waals surface area contributed by atoms with E-state index in [0.717, 1.165) is 11.4 Å². The van der Waals surface area contributed by atoms with Gasteiger partial charge in [0.15, 0.2) is 0 Å². The summed E-state index contributed by atoms with van der Waals surface area (Å²) in [6.45, 7) is 5.32. The van der Waals surface area contributed by atoms with E-state index in [9.17, 15) is 10.1 Å². The summed E-state index contributed by atoms with van der Waals surface area (Å²) < 4.78 is 1.67. The van der Waals surface area contributed by atoms with Crippen molar-refractivity contribution in [2.45, 2.75) is 27.2 Å². The van der Waals surface area contributed by atoms with Crippen LogP contribution in [0, 0.1) is 23.7 Å². The number of rotatable bonds is 4. The molecule has 0 saturated heterocycles. The molecule has 1 N–H and O–H groups in total. The van der Waals surface area contributed by atoms with Crippen molar-refractivity contribution >= 4 is 11.7 Å². The third-order valence-electron chi connectivity index (χ3n) is 3.53. The van der Waals surface area contributed by atoms with Gasteiger partial charge in [-0.2, -0.15) is 10.4 Å². The standard InChI is InChI=1S/C16H18N4O/c1-4-16(3,11-17)15(21)18-14-10-12(2)19-20(14)13-8-6-5-7-9-13/h5-10H,4H2,1-3H3,(H,18,21). The Balaban J connectivity index is 2.35. The van der Waals surface area contributed by atoms with Gasteiger partial charge in [-0.1, -0.05) is 25.1 Å². The van der Waals surface area contributed by atoms with E-state index in [-0.39, 0.29) is 5.91 Å². The molecule has 1 amide bonds. The van der Waals surface area contributed by atoms with E-state index in [1.807, 2.05) is 44.2 Å². The number of para-hydroxylation sites is 1. The first-order valence-electron chi connectivity index (χ1n) is 6.85. The molecule has 1 aromatic carbocycles. The van der Waals surface area contributed by atoms with Crippen molar-refractivity contribution in [1.82, 2.24) is 9.78 Å². The van der Waals surface area contributed by atoms with Crippen molar-refractivity contribution in [2.24, 2.45) is 5.41 Å². The van der Waals surface area contributed by atoms with E-state index >= 15 is 0 Å². The summed E-state index contributed by atoms with van der Waals surface area (Å²) in [6, 6.07) is 13.4. The third kappa shape index (κ3) is 2.95. The molecule has 0 aliphatic rings. The molecule has 0 aliphatic heterocycles. The Morgan fingerprint density at radius 3 is 2.67 bits per heavy atom. The maximum atomic E-state index is 12.3. The van der Waals surface area contributed by atoms with Gasteiger partial charge in [0, 0.05) is 6.07 Å². The predicted molar refractivity (Wildman–Crippen MR) is 80.9 cm³/mol. The molecule has 0 aliphatic carbocycles. The van der Waals surface area contributed by atoms with Crippen molar-refractivity contribution in [1.29, 1.82) is 5.26 Å². The van der Waals surface area contributed by atoms with Gasteiger partial charge in [0.2, 0.25) is 5.91 Å². The summed E-state index contributed by atoms with van der Waals surface area (Å²) in [4.78, 5) is 12.3. The molecule has 21 heavy (non-hydrogen) atoms. The van der Waals surface area contributed by atoms with Crippen LogP contribution in [0.25, 0.3) is 5.69 Å². The second-order valence-electron chi connectivity index (χ2n) is 5.17. The van der Waals surface area contributed by atoms with Crippen LogP contribution in [0.1, 0.15) is 26.0 Å². The molecule has 5 nitrogen and oxygen atoms in total. The van der Waals surface area contributed by atoms with Crippen molar-refractivity contribution in [3.63, 3.8) is 0 Å². The Kier molecular flexibility index (Phi) is 4.08. The number of aryl methyl sites for hydroxylation is 1. The van der Waals surface area contributed by atoms with Gasteiger partial charge in [-0.3, -0.25) is 4.79 Å². The van der Waals surface area contributed by atoms with Gasteiger partial charge in [-0.25, -0.2) is 4.68 Å². The summed E-state index contributed by atoms with van der Waals surface area (Å²) in [7, 11) is 0. The summed E-state index contributed by atoms with van der Waals surface area (Å²) >= 11 is 0. The summed E-state index contributed by atoms with van der Waals surface area (Å²) in [5.74, 6) is 0.253. The third-order valence-corrected chi connectivity index (χ3v) is 3.53. The highest BCUT2D eigenvalue weighted by atomic mass is 16.2. The van der Waals surface area contributed by atoms with Crippen LogP contribution in [-0.2, 0) is 4.79 Å². The summed E-state index contributed by atoms with van der Waals surface area (Å²) in [6.07, 6.45) is 0.452. The number of anilines is 1. The number of carbonyl (C=O) groups excluding carboxylic acids is 1. The minimum Gasteiger partial charge on any atom is -0.309 e. The molecule has 1 aromatic heterocycles. The maximum absolute atomic E-state index is 12.3. The first kappa shape index (κ1) is 14.8. The summed E-state index contributed by atoms with van der Waals surface area (Å²) in [5.41, 5.74) is 0.611. The quantitative estimate of drug-likeness (QED) is 0.936. The number of hydrogen-bond donors (Lipinski definition) is 1. The molecule has 2 rings (SSSR count). The van der Waals surface area contributed by atoms with E-state index in [2.05, 4.69) is 16.5 Å². The summed E-state index contributed by atoms with van der Waals surface area (Å²) in [5, 5.41) is 16.4. The predicted octanol–water partition coefficient (Wildman–Crippen LogP) is 3.06. The van der Waals surface area contributed by atoms with Crippen LogP contribution >= 0.6 is 0 Å². The molecule has 0 bridgehead atoms. The van der Waals surface area contributed by atoms with Gasteiger partial charge in [-0.05, 0) is 32.4 Å². The van der Waals surface area contributed by atoms with E-state index in [0.29, 0.717) is 12.2 Å². The molecule has 1 unspecified atom stereocenters. The second kappa shape index (κ2) is 5.80. The SMILES string of the molecule is CCC(C)(C#N)C(=O)Nc1cc(C)nn1-c1ccccc1. The molecule has 5 heteroatoms. The number of carbonyl (C=O) groups is 1. The zero-order valence-electron chi connectivity index (χ0n) is 12.4. The normalized spacial score (nSPS) is 13.2. The van der Waals surface area contributed by atoms with E-state index in [1.54, 1.807) is 17.7 Å². The Hall–Kier alpha value is -2.61. The van der Waals surface area contributed by atoms with Gasteiger partial charge in [0.05, 0.1) is 17.5 Å². The topological polar surface area (TPSA) is 70.7 Å². The van der Waals surface area contributed by atoms with Crippen molar-refractivity contribution in [2.75, 3.05) is 5.32 Å². The average molecular weight is 282 g/mol. The Morgan fingerprint density at radius 1 is 1.43 bits per heavy atom. The highest BCUT2D eigenvalue weighted by Gasteiger charge is 2.32. The van der Waals surface area contributed by atoms with Gasteiger partial charge < -0.3 is 5.32 Å². The maximum Gasteiger partial charge on any atom is 0.245 e. The van der Waals surface area contributed by atoms with Crippen LogP contribution < -0.4 is 5.32 Å². The first-order valence-corrected chi connectivity index (χ1v) is 6.85. The number of benzene rings is 1. The van der Waals surface area contributed by atoms with Gasteiger partial charge in [0.25, 0.3) is 0 Å². The van der Waals surface area contributed by atoms with Crippen molar-refractivity contribution in [3.05, 3.63) is 42.1 Å². The molecular formula is C16H18N4O. The van der Waals surface area contributed by atoms with Crippen LogP contribution in [0.5, 0.6) is 0 Å². The number of amides is 1. The lowest BCUT2D eigenvalue weighted by Crippen LogP contribution is -2.32.